The van der Waals surface area contributed by atoms with Crippen LogP contribution in [0.2, 0.25) is 5.02 Å². The van der Waals surface area contributed by atoms with E-state index in [0.29, 0.717) is 16.5 Å². The van der Waals surface area contributed by atoms with Crippen LogP contribution in [-0.4, -0.2) is 12.5 Å². The van der Waals surface area contributed by atoms with Crippen LogP contribution in [0.3, 0.4) is 0 Å². The highest BCUT2D eigenvalue weighted by Gasteiger charge is 2.12. The zero-order chi connectivity index (χ0) is 14.5. The first-order chi connectivity index (χ1) is 9.60. The minimum atomic E-state index is -0.357. The number of amides is 1. The van der Waals surface area contributed by atoms with E-state index in [0.717, 1.165) is 5.56 Å². The third kappa shape index (κ3) is 3.41. The molecule has 0 radical (unpaired) electrons. The Labute approximate surface area is 121 Å². The van der Waals surface area contributed by atoms with Gasteiger partial charge in [0.2, 0.25) is 0 Å². The Bertz CT molecular complexity index is 695. The average Bonchev–Trinajstić information content (AvgIpc) is 2.86. The minimum Gasteiger partial charge on any atom is -0.456 e. The van der Waals surface area contributed by atoms with Gasteiger partial charge in [-0.3, -0.25) is 4.79 Å². The molecule has 1 heterocycles. The molecule has 0 spiro atoms. The molecule has 1 aromatic heterocycles. The molecule has 0 bridgehead atoms. The molecule has 0 aliphatic heterocycles. The predicted octanol–water partition coefficient (Wildman–Crippen LogP) is 2.80. The molecule has 4 nitrogen and oxygen atoms in total. The van der Waals surface area contributed by atoms with Crippen molar-refractivity contribution >= 4 is 23.2 Å². The van der Waals surface area contributed by atoms with Crippen molar-refractivity contribution in [1.82, 2.24) is 0 Å². The normalized spacial score (nSPS) is 9.75. The predicted molar refractivity (Wildman–Crippen MR) is 78.8 cm³/mol. The minimum absolute atomic E-state index is 0.233. The second-order valence-electron chi connectivity index (χ2n) is 4.06. The maximum absolute atomic E-state index is 12.0. The molecule has 0 saturated heterocycles. The summed E-state index contributed by atoms with van der Waals surface area (Å²) in [6.45, 7) is 2.04. The molecule has 20 heavy (non-hydrogen) atoms. The fourth-order valence-electron chi connectivity index (χ4n) is 1.59. The zero-order valence-corrected chi connectivity index (χ0v) is 11.6. The second kappa shape index (κ2) is 6.29. The summed E-state index contributed by atoms with van der Waals surface area (Å²) in [5, 5.41) is 3.12. The Balaban J connectivity index is 2.22. The summed E-state index contributed by atoms with van der Waals surface area (Å²) in [7, 11) is 0. The van der Waals surface area contributed by atoms with Gasteiger partial charge in [0.05, 0.1) is 17.3 Å². The van der Waals surface area contributed by atoms with Crippen LogP contribution in [0.4, 0.5) is 5.69 Å². The van der Waals surface area contributed by atoms with E-state index < -0.39 is 0 Å². The quantitative estimate of drug-likeness (QED) is 0.835. The van der Waals surface area contributed by atoms with Crippen LogP contribution in [0, 0.1) is 18.8 Å². The third-order valence-corrected chi connectivity index (χ3v) is 2.84. The highest BCUT2D eigenvalue weighted by molar-refractivity contribution is 6.33. The fourth-order valence-corrected chi connectivity index (χ4v) is 1.76. The lowest BCUT2D eigenvalue weighted by Gasteiger charge is -2.06. The molecule has 0 fully saturated rings. The molecule has 0 unspecified atom stereocenters. The number of hydrogen-bond donors (Lipinski definition) is 2. The number of furan rings is 1. The van der Waals surface area contributed by atoms with Crippen molar-refractivity contribution in [3.05, 3.63) is 52.4 Å². The van der Waals surface area contributed by atoms with Gasteiger partial charge in [0.1, 0.15) is 5.76 Å². The molecule has 1 amide bonds. The van der Waals surface area contributed by atoms with Crippen LogP contribution in [0.5, 0.6) is 0 Å². The topological polar surface area (TPSA) is 68.3 Å². The molecule has 5 heteroatoms. The lowest BCUT2D eigenvalue weighted by molar-refractivity contribution is 0.0995. The Morgan fingerprint density at radius 3 is 2.85 bits per heavy atom. The van der Waals surface area contributed by atoms with Gasteiger partial charge in [0.25, 0.3) is 5.91 Å². The highest BCUT2D eigenvalue weighted by atomic mass is 35.5. The van der Waals surface area contributed by atoms with E-state index >= 15 is 0 Å². The molecule has 1 aromatic carbocycles. The van der Waals surface area contributed by atoms with Crippen molar-refractivity contribution in [1.29, 1.82) is 0 Å². The Morgan fingerprint density at radius 2 is 2.20 bits per heavy atom. The van der Waals surface area contributed by atoms with E-state index in [-0.39, 0.29) is 18.2 Å². The SMILES string of the molecule is Cc1ccc(C(=O)Nc2cc(C#CCN)ccc2Cl)o1. The number of carbonyl (C=O) groups is 1. The Hall–Kier alpha value is -2.22. The van der Waals surface area contributed by atoms with Crippen LogP contribution in [-0.2, 0) is 0 Å². The van der Waals surface area contributed by atoms with E-state index in [1.165, 1.54) is 0 Å². The van der Waals surface area contributed by atoms with Gasteiger partial charge in [-0.05, 0) is 37.3 Å². The van der Waals surface area contributed by atoms with E-state index in [1.807, 2.05) is 0 Å². The summed E-state index contributed by atoms with van der Waals surface area (Å²) in [5.41, 5.74) is 6.53. The molecule has 0 atom stereocenters. The molecule has 0 aliphatic carbocycles. The van der Waals surface area contributed by atoms with Gasteiger partial charge in [-0.1, -0.05) is 23.4 Å². The van der Waals surface area contributed by atoms with Crippen molar-refractivity contribution in [3.63, 3.8) is 0 Å². The van der Waals surface area contributed by atoms with Gasteiger partial charge < -0.3 is 15.5 Å². The fraction of sp³-hybridized carbons (Fsp3) is 0.133. The van der Waals surface area contributed by atoms with Crippen molar-refractivity contribution in [2.75, 3.05) is 11.9 Å². The maximum atomic E-state index is 12.0. The molecule has 0 aliphatic rings. The molecule has 102 valence electrons. The van der Waals surface area contributed by atoms with E-state index in [2.05, 4.69) is 17.2 Å². The lowest BCUT2D eigenvalue weighted by atomic mass is 10.2. The van der Waals surface area contributed by atoms with Gasteiger partial charge in [-0.15, -0.1) is 0 Å². The number of nitrogens with two attached hydrogens (primary N) is 1. The first-order valence-electron chi connectivity index (χ1n) is 5.96. The number of benzene rings is 1. The number of anilines is 1. The molecule has 2 aromatic rings. The van der Waals surface area contributed by atoms with E-state index in [9.17, 15) is 4.79 Å². The first-order valence-corrected chi connectivity index (χ1v) is 6.34. The van der Waals surface area contributed by atoms with Crippen molar-refractivity contribution in [3.8, 4) is 11.8 Å². The molecule has 0 saturated carbocycles. The van der Waals surface area contributed by atoms with Crippen LogP contribution in [0.25, 0.3) is 0 Å². The average molecular weight is 289 g/mol. The largest absolute Gasteiger partial charge is 0.456 e. The van der Waals surface area contributed by atoms with Crippen LogP contribution < -0.4 is 11.1 Å². The number of carbonyl (C=O) groups excluding carboxylic acids is 1. The molecule has 2 rings (SSSR count). The van der Waals surface area contributed by atoms with Gasteiger partial charge in [0.15, 0.2) is 5.76 Å². The second-order valence-corrected chi connectivity index (χ2v) is 4.47. The van der Waals surface area contributed by atoms with Gasteiger partial charge in [-0.25, -0.2) is 0 Å². The summed E-state index contributed by atoms with van der Waals surface area (Å²) in [6, 6.07) is 8.46. The summed E-state index contributed by atoms with van der Waals surface area (Å²) >= 11 is 6.05. The number of hydrogen-bond acceptors (Lipinski definition) is 3. The lowest BCUT2D eigenvalue weighted by Crippen LogP contribution is -2.11. The number of halogens is 1. The van der Waals surface area contributed by atoms with E-state index in [1.54, 1.807) is 37.3 Å². The third-order valence-electron chi connectivity index (χ3n) is 2.51. The summed E-state index contributed by atoms with van der Waals surface area (Å²) < 4.78 is 5.25. The Kier molecular flexibility index (Phi) is 4.46. The molecule has 3 N–H and O–H groups in total. The number of rotatable bonds is 2. The highest BCUT2D eigenvalue weighted by Crippen LogP contribution is 2.23. The standard InChI is InChI=1S/C15H13ClN2O2/c1-10-4-7-14(20-10)15(19)18-13-9-11(3-2-8-17)5-6-12(13)16/h4-7,9H,8,17H2,1H3,(H,18,19). The molecular weight excluding hydrogens is 276 g/mol. The monoisotopic (exact) mass is 288 g/mol. The van der Waals surface area contributed by atoms with Crippen molar-refractivity contribution in [2.45, 2.75) is 6.92 Å². The number of nitrogens with one attached hydrogen (secondary N) is 1. The van der Waals surface area contributed by atoms with Gasteiger partial charge >= 0.3 is 0 Å². The Morgan fingerprint density at radius 1 is 1.40 bits per heavy atom. The zero-order valence-electron chi connectivity index (χ0n) is 10.9. The molecular formula is C15H13ClN2O2. The maximum Gasteiger partial charge on any atom is 0.291 e. The first kappa shape index (κ1) is 14.2. The van der Waals surface area contributed by atoms with Gasteiger partial charge in [-0.2, -0.15) is 0 Å². The van der Waals surface area contributed by atoms with Crippen LogP contribution in [0.15, 0.2) is 34.7 Å². The van der Waals surface area contributed by atoms with Crippen LogP contribution >= 0.6 is 11.6 Å². The smallest absolute Gasteiger partial charge is 0.291 e. The van der Waals surface area contributed by atoms with Gasteiger partial charge in [0, 0.05) is 5.56 Å². The number of aryl methyl sites for hydroxylation is 1. The summed E-state index contributed by atoms with van der Waals surface area (Å²) in [6.07, 6.45) is 0. The summed E-state index contributed by atoms with van der Waals surface area (Å²) in [5.74, 6) is 6.17. The van der Waals surface area contributed by atoms with Crippen molar-refractivity contribution < 1.29 is 9.21 Å². The van der Waals surface area contributed by atoms with E-state index in [4.69, 9.17) is 21.8 Å². The van der Waals surface area contributed by atoms with Crippen LogP contribution in [0.1, 0.15) is 21.9 Å². The van der Waals surface area contributed by atoms with Crippen molar-refractivity contribution in [2.24, 2.45) is 5.73 Å². The summed E-state index contributed by atoms with van der Waals surface area (Å²) in [4.78, 5) is 12.0.